The first kappa shape index (κ1) is 8.52. The van der Waals surface area contributed by atoms with Gasteiger partial charge in [-0.05, 0) is 31.6 Å². The Hall–Kier alpha value is -0.0800. The number of hydrogen-bond donors (Lipinski definition) is 1. The molecule has 0 radical (unpaired) electrons. The molecule has 2 nitrogen and oxygen atoms in total. The van der Waals surface area contributed by atoms with Gasteiger partial charge in [0.15, 0.2) is 0 Å². The van der Waals surface area contributed by atoms with Gasteiger partial charge in [0.05, 0.1) is 12.2 Å². The van der Waals surface area contributed by atoms with Gasteiger partial charge in [-0.15, -0.1) is 0 Å². The van der Waals surface area contributed by atoms with E-state index in [0.717, 1.165) is 19.6 Å². The SMILES string of the molecule is CC1(C(C)(O)C2CCOC2)CC1. The van der Waals surface area contributed by atoms with Crippen molar-refractivity contribution in [1.29, 1.82) is 0 Å². The molecule has 0 spiro atoms. The first-order valence-electron chi connectivity index (χ1n) is 4.86. The third-order valence-corrected chi connectivity index (χ3v) is 3.95. The summed E-state index contributed by atoms with van der Waals surface area (Å²) in [5.41, 5.74) is -0.311. The average molecular weight is 170 g/mol. The van der Waals surface area contributed by atoms with Crippen molar-refractivity contribution in [3.8, 4) is 0 Å². The molecule has 0 aromatic heterocycles. The second-order valence-corrected chi connectivity index (χ2v) is 4.77. The summed E-state index contributed by atoms with van der Waals surface area (Å²) in [5.74, 6) is 0.366. The van der Waals surface area contributed by atoms with Crippen LogP contribution in [0.15, 0.2) is 0 Å². The van der Waals surface area contributed by atoms with Crippen LogP contribution in [0.4, 0.5) is 0 Å². The molecule has 0 amide bonds. The highest BCUT2D eigenvalue weighted by Gasteiger charge is 2.56. The largest absolute Gasteiger partial charge is 0.389 e. The molecule has 0 bridgehead atoms. The predicted octanol–water partition coefficient (Wildman–Crippen LogP) is 1.57. The van der Waals surface area contributed by atoms with Gasteiger partial charge in [0.25, 0.3) is 0 Å². The monoisotopic (exact) mass is 170 g/mol. The highest BCUT2D eigenvalue weighted by Crippen LogP contribution is 2.57. The minimum atomic E-state index is -0.497. The van der Waals surface area contributed by atoms with Crippen LogP contribution in [-0.2, 0) is 4.74 Å². The molecule has 70 valence electrons. The van der Waals surface area contributed by atoms with E-state index in [4.69, 9.17) is 4.74 Å². The summed E-state index contributed by atoms with van der Waals surface area (Å²) in [6.07, 6.45) is 3.38. The Morgan fingerprint density at radius 1 is 1.50 bits per heavy atom. The van der Waals surface area contributed by atoms with Crippen LogP contribution in [0, 0.1) is 11.3 Å². The fourth-order valence-electron chi connectivity index (χ4n) is 2.16. The second-order valence-electron chi connectivity index (χ2n) is 4.77. The predicted molar refractivity (Wildman–Crippen MR) is 46.9 cm³/mol. The Balaban J connectivity index is 2.08. The molecule has 0 aromatic carbocycles. The lowest BCUT2D eigenvalue weighted by Gasteiger charge is -2.35. The molecule has 1 saturated carbocycles. The molecule has 2 fully saturated rings. The lowest BCUT2D eigenvalue weighted by Crippen LogP contribution is -2.42. The zero-order valence-corrected chi connectivity index (χ0v) is 7.97. The van der Waals surface area contributed by atoms with E-state index < -0.39 is 5.60 Å². The van der Waals surface area contributed by atoms with Gasteiger partial charge < -0.3 is 9.84 Å². The summed E-state index contributed by atoms with van der Waals surface area (Å²) in [6.45, 7) is 5.75. The van der Waals surface area contributed by atoms with E-state index >= 15 is 0 Å². The van der Waals surface area contributed by atoms with Crippen LogP contribution in [0.25, 0.3) is 0 Å². The van der Waals surface area contributed by atoms with E-state index in [1.807, 2.05) is 6.92 Å². The van der Waals surface area contributed by atoms with Gasteiger partial charge in [0, 0.05) is 12.5 Å². The third kappa shape index (κ3) is 1.09. The van der Waals surface area contributed by atoms with Crippen LogP contribution < -0.4 is 0 Å². The summed E-state index contributed by atoms with van der Waals surface area (Å²) in [4.78, 5) is 0. The fraction of sp³-hybridized carbons (Fsp3) is 1.00. The summed E-state index contributed by atoms with van der Waals surface area (Å²) >= 11 is 0. The van der Waals surface area contributed by atoms with E-state index in [1.54, 1.807) is 0 Å². The van der Waals surface area contributed by atoms with Gasteiger partial charge in [-0.25, -0.2) is 0 Å². The number of aliphatic hydroxyl groups is 1. The molecule has 2 rings (SSSR count). The lowest BCUT2D eigenvalue weighted by atomic mass is 9.76. The minimum absolute atomic E-state index is 0.186. The zero-order chi connectivity index (χ0) is 8.82. The maximum atomic E-state index is 10.3. The van der Waals surface area contributed by atoms with Crippen LogP contribution >= 0.6 is 0 Å². The van der Waals surface area contributed by atoms with Crippen molar-refractivity contribution in [1.82, 2.24) is 0 Å². The first-order valence-corrected chi connectivity index (χ1v) is 4.86. The van der Waals surface area contributed by atoms with E-state index in [2.05, 4.69) is 6.92 Å². The van der Waals surface area contributed by atoms with Crippen molar-refractivity contribution in [2.75, 3.05) is 13.2 Å². The Labute approximate surface area is 73.9 Å². The molecular formula is C10H18O2. The lowest BCUT2D eigenvalue weighted by molar-refractivity contribution is -0.0617. The molecule has 1 heterocycles. The van der Waals surface area contributed by atoms with Gasteiger partial charge in [-0.1, -0.05) is 6.92 Å². The number of hydrogen-bond acceptors (Lipinski definition) is 2. The van der Waals surface area contributed by atoms with Gasteiger partial charge >= 0.3 is 0 Å². The van der Waals surface area contributed by atoms with E-state index in [1.165, 1.54) is 12.8 Å². The highest BCUT2D eigenvalue weighted by atomic mass is 16.5. The maximum Gasteiger partial charge on any atom is 0.0723 e. The van der Waals surface area contributed by atoms with Gasteiger partial charge in [-0.3, -0.25) is 0 Å². The van der Waals surface area contributed by atoms with Crippen LogP contribution in [0.3, 0.4) is 0 Å². The summed E-state index contributed by atoms with van der Waals surface area (Å²) in [5, 5.41) is 10.3. The second kappa shape index (κ2) is 2.46. The summed E-state index contributed by atoms with van der Waals surface area (Å²) < 4.78 is 5.31. The van der Waals surface area contributed by atoms with Crippen LogP contribution in [-0.4, -0.2) is 23.9 Å². The summed E-state index contributed by atoms with van der Waals surface area (Å²) in [7, 11) is 0. The normalized spacial score (nSPS) is 37.8. The Morgan fingerprint density at radius 3 is 2.58 bits per heavy atom. The molecular weight excluding hydrogens is 152 g/mol. The zero-order valence-electron chi connectivity index (χ0n) is 7.97. The van der Waals surface area contributed by atoms with Crippen LogP contribution in [0.5, 0.6) is 0 Å². The third-order valence-electron chi connectivity index (χ3n) is 3.95. The first-order chi connectivity index (χ1) is 5.56. The molecule has 2 atom stereocenters. The Morgan fingerprint density at radius 2 is 2.17 bits per heavy atom. The highest BCUT2D eigenvalue weighted by molar-refractivity contribution is 5.06. The van der Waals surface area contributed by atoms with Crippen molar-refractivity contribution < 1.29 is 9.84 Å². The van der Waals surface area contributed by atoms with Crippen LogP contribution in [0.2, 0.25) is 0 Å². The van der Waals surface area contributed by atoms with E-state index in [9.17, 15) is 5.11 Å². The molecule has 1 N–H and O–H groups in total. The summed E-state index contributed by atoms with van der Waals surface area (Å²) in [6, 6.07) is 0. The minimum Gasteiger partial charge on any atom is -0.389 e. The maximum absolute atomic E-state index is 10.3. The topological polar surface area (TPSA) is 29.5 Å². The van der Waals surface area contributed by atoms with Gasteiger partial charge in [-0.2, -0.15) is 0 Å². The molecule has 2 unspecified atom stereocenters. The quantitative estimate of drug-likeness (QED) is 0.681. The molecule has 12 heavy (non-hydrogen) atoms. The molecule has 1 saturated heterocycles. The van der Waals surface area contributed by atoms with Crippen molar-refractivity contribution >= 4 is 0 Å². The van der Waals surface area contributed by atoms with E-state index in [0.29, 0.717) is 5.92 Å². The fourth-order valence-corrected chi connectivity index (χ4v) is 2.16. The Kier molecular flexibility index (Phi) is 1.74. The van der Waals surface area contributed by atoms with Crippen molar-refractivity contribution in [2.45, 2.75) is 38.7 Å². The van der Waals surface area contributed by atoms with Gasteiger partial charge in [0.1, 0.15) is 0 Å². The standard InChI is InChI=1S/C10H18O2/c1-9(4-5-9)10(2,11)8-3-6-12-7-8/h8,11H,3-7H2,1-2H3. The molecule has 1 aliphatic carbocycles. The molecule has 2 heteroatoms. The molecule has 0 aromatic rings. The number of rotatable bonds is 2. The molecule has 1 aliphatic heterocycles. The number of ether oxygens (including phenoxy) is 1. The average Bonchev–Trinajstić information content (AvgIpc) is 2.59. The van der Waals surface area contributed by atoms with Crippen molar-refractivity contribution in [3.63, 3.8) is 0 Å². The van der Waals surface area contributed by atoms with Crippen molar-refractivity contribution in [3.05, 3.63) is 0 Å². The van der Waals surface area contributed by atoms with E-state index in [-0.39, 0.29) is 5.41 Å². The Bertz CT molecular complexity index is 176. The van der Waals surface area contributed by atoms with Gasteiger partial charge in [0.2, 0.25) is 0 Å². The smallest absolute Gasteiger partial charge is 0.0723 e. The molecule has 2 aliphatic rings. The van der Waals surface area contributed by atoms with Crippen molar-refractivity contribution in [2.24, 2.45) is 11.3 Å². The van der Waals surface area contributed by atoms with Crippen LogP contribution in [0.1, 0.15) is 33.1 Å².